The van der Waals surface area contributed by atoms with Gasteiger partial charge >= 0.3 is 5.97 Å². The molecule has 3 aromatic heterocycles. The number of carbonyl (C=O) groups is 1. The average Bonchev–Trinajstić information content (AvgIpc) is 3.63. The van der Waals surface area contributed by atoms with E-state index in [-0.39, 0.29) is 5.97 Å². The minimum absolute atomic E-state index is 0.132. The van der Waals surface area contributed by atoms with Crippen molar-refractivity contribution in [2.45, 2.75) is 117 Å². The number of hydrogen-bond acceptors (Lipinski definition) is 5. The van der Waals surface area contributed by atoms with Gasteiger partial charge in [0, 0.05) is 19.5 Å². The number of esters is 1. The fraction of sp³-hybridized carbons (Fsp3) is 0.594. The van der Waals surface area contributed by atoms with Crippen LogP contribution in [0.25, 0.3) is 19.5 Å². The first-order valence-corrected chi connectivity index (χ1v) is 17.2. The smallest absolute Gasteiger partial charge is 0.310 e. The van der Waals surface area contributed by atoms with E-state index < -0.39 is 0 Å². The van der Waals surface area contributed by atoms with Gasteiger partial charge in [-0.05, 0) is 78.3 Å². The lowest BCUT2D eigenvalue weighted by Crippen LogP contribution is -2.07. The molecule has 0 aromatic carbocycles. The van der Waals surface area contributed by atoms with E-state index in [9.17, 15) is 4.79 Å². The molecule has 3 heterocycles. The van der Waals surface area contributed by atoms with Crippen LogP contribution in [0.5, 0.6) is 0 Å². The largest absolute Gasteiger partial charge is 0.466 e. The van der Waals surface area contributed by atoms with Crippen LogP contribution in [0.15, 0.2) is 29.0 Å². The van der Waals surface area contributed by atoms with Crippen LogP contribution in [0.1, 0.15) is 115 Å². The third-order valence-electron chi connectivity index (χ3n) is 6.86. The Morgan fingerprint density at radius 3 is 1.81 bits per heavy atom. The van der Waals surface area contributed by atoms with Crippen LogP contribution in [0.3, 0.4) is 0 Å². The molecular weight excluding hydrogens is 513 g/mol. The SMILES string of the molecule is CCCCCCCCc1csc(-c2cc(CC(=O)OCC)c(-c3cc(CCCCCCCC)cs3)s2)c1. The van der Waals surface area contributed by atoms with Crippen molar-refractivity contribution in [3.8, 4) is 19.5 Å². The van der Waals surface area contributed by atoms with E-state index in [1.54, 1.807) is 0 Å². The first-order valence-electron chi connectivity index (χ1n) is 14.6. The molecule has 0 amide bonds. The van der Waals surface area contributed by atoms with Gasteiger partial charge in [-0.1, -0.05) is 78.1 Å². The zero-order chi connectivity index (χ0) is 26.3. The molecule has 0 spiro atoms. The van der Waals surface area contributed by atoms with Crippen molar-refractivity contribution < 1.29 is 9.53 Å². The van der Waals surface area contributed by atoms with Crippen molar-refractivity contribution in [2.24, 2.45) is 0 Å². The van der Waals surface area contributed by atoms with Crippen LogP contribution in [-0.2, 0) is 28.8 Å². The van der Waals surface area contributed by atoms with E-state index in [2.05, 4.69) is 42.8 Å². The molecule has 0 unspecified atom stereocenters. The highest BCUT2D eigenvalue weighted by molar-refractivity contribution is 7.26. The minimum Gasteiger partial charge on any atom is -0.466 e. The Morgan fingerprint density at radius 2 is 1.22 bits per heavy atom. The molecule has 0 N–H and O–H groups in total. The molecule has 0 aliphatic heterocycles. The van der Waals surface area contributed by atoms with Crippen molar-refractivity contribution in [3.05, 3.63) is 45.6 Å². The normalized spacial score (nSPS) is 11.3. The van der Waals surface area contributed by atoms with Gasteiger partial charge in [-0.2, -0.15) is 0 Å². The molecule has 0 bridgehead atoms. The Morgan fingerprint density at radius 1 is 0.676 bits per heavy atom. The highest BCUT2D eigenvalue weighted by Gasteiger charge is 2.18. The summed E-state index contributed by atoms with van der Waals surface area (Å²) in [7, 11) is 0. The van der Waals surface area contributed by atoms with Gasteiger partial charge in [-0.3, -0.25) is 4.79 Å². The molecule has 0 atom stereocenters. The zero-order valence-electron chi connectivity index (χ0n) is 23.2. The summed E-state index contributed by atoms with van der Waals surface area (Å²) in [5.41, 5.74) is 4.00. The zero-order valence-corrected chi connectivity index (χ0v) is 25.7. The van der Waals surface area contributed by atoms with Crippen LogP contribution in [0.2, 0.25) is 0 Å². The van der Waals surface area contributed by atoms with E-state index >= 15 is 0 Å². The maximum Gasteiger partial charge on any atom is 0.310 e. The van der Waals surface area contributed by atoms with E-state index in [4.69, 9.17) is 4.74 Å². The summed E-state index contributed by atoms with van der Waals surface area (Å²) in [4.78, 5) is 17.5. The molecular formula is C32H46O2S3. The number of aryl methyl sites for hydroxylation is 2. The Hall–Kier alpha value is -1.43. The van der Waals surface area contributed by atoms with E-state index in [1.807, 2.05) is 40.9 Å². The summed E-state index contributed by atoms with van der Waals surface area (Å²) >= 11 is 5.51. The van der Waals surface area contributed by atoms with Gasteiger partial charge < -0.3 is 4.74 Å². The van der Waals surface area contributed by atoms with Gasteiger partial charge in [-0.25, -0.2) is 0 Å². The lowest BCUT2D eigenvalue weighted by molar-refractivity contribution is -0.142. The molecule has 37 heavy (non-hydrogen) atoms. The predicted octanol–water partition coefficient (Wildman–Crippen LogP) is 11.1. The average molecular weight is 559 g/mol. The number of carbonyl (C=O) groups excluding carboxylic acids is 1. The third-order valence-corrected chi connectivity index (χ3v) is 10.4. The summed E-state index contributed by atoms with van der Waals surface area (Å²) in [5, 5.41) is 4.65. The molecule has 204 valence electrons. The Bertz CT molecular complexity index is 1040. The maximum absolute atomic E-state index is 12.4. The first kappa shape index (κ1) is 30.1. The molecule has 2 nitrogen and oxygen atoms in total. The van der Waals surface area contributed by atoms with Crippen molar-refractivity contribution in [3.63, 3.8) is 0 Å². The van der Waals surface area contributed by atoms with Crippen LogP contribution < -0.4 is 0 Å². The van der Waals surface area contributed by atoms with Crippen molar-refractivity contribution in [2.75, 3.05) is 6.61 Å². The van der Waals surface area contributed by atoms with E-state index in [0.29, 0.717) is 13.0 Å². The van der Waals surface area contributed by atoms with E-state index in [0.717, 1.165) is 12.0 Å². The van der Waals surface area contributed by atoms with Crippen LogP contribution in [-0.4, -0.2) is 12.6 Å². The summed E-state index contributed by atoms with van der Waals surface area (Å²) in [6.45, 7) is 6.85. The molecule has 5 heteroatoms. The van der Waals surface area contributed by atoms with Crippen molar-refractivity contribution in [1.82, 2.24) is 0 Å². The topological polar surface area (TPSA) is 26.3 Å². The highest BCUT2D eigenvalue weighted by atomic mass is 32.1. The van der Waals surface area contributed by atoms with Gasteiger partial charge in [-0.15, -0.1) is 34.0 Å². The Balaban J connectivity index is 1.66. The van der Waals surface area contributed by atoms with E-state index in [1.165, 1.54) is 114 Å². The van der Waals surface area contributed by atoms with Gasteiger partial charge in [0.1, 0.15) is 0 Å². The maximum atomic E-state index is 12.4. The standard InChI is InChI=1S/C32H46O2S3/c1-4-7-9-11-13-15-17-25-19-28(35-23-25)29-21-27(22-31(33)34-6-3)32(37-29)30-20-26(24-36-30)18-16-14-12-10-8-5-2/h19-21,23-24H,4-18,22H2,1-3H3. The third kappa shape index (κ3) is 10.3. The van der Waals surface area contributed by atoms with Crippen molar-refractivity contribution in [1.29, 1.82) is 0 Å². The minimum atomic E-state index is -0.132. The molecule has 0 radical (unpaired) electrons. The molecule has 3 aromatic rings. The monoisotopic (exact) mass is 558 g/mol. The van der Waals surface area contributed by atoms with Crippen LogP contribution in [0, 0.1) is 0 Å². The molecule has 0 saturated carbocycles. The molecule has 0 aliphatic rings. The lowest BCUT2D eigenvalue weighted by atomic mass is 10.1. The van der Waals surface area contributed by atoms with Crippen molar-refractivity contribution >= 4 is 40.0 Å². The van der Waals surface area contributed by atoms with Crippen LogP contribution in [0.4, 0.5) is 0 Å². The van der Waals surface area contributed by atoms with Gasteiger partial charge in [0.05, 0.1) is 13.0 Å². The number of thiophene rings is 3. The van der Waals surface area contributed by atoms with Gasteiger partial charge in [0.25, 0.3) is 0 Å². The van der Waals surface area contributed by atoms with Gasteiger partial charge in [0.15, 0.2) is 0 Å². The van der Waals surface area contributed by atoms with Gasteiger partial charge in [0.2, 0.25) is 0 Å². The molecule has 0 aliphatic carbocycles. The lowest BCUT2D eigenvalue weighted by Gasteiger charge is -2.02. The number of unbranched alkanes of at least 4 members (excludes halogenated alkanes) is 10. The second-order valence-corrected chi connectivity index (χ2v) is 13.0. The summed E-state index contributed by atoms with van der Waals surface area (Å²) in [6.07, 6.45) is 18.6. The second-order valence-electron chi connectivity index (χ2n) is 10.1. The number of hydrogen-bond donors (Lipinski definition) is 0. The fourth-order valence-corrected chi connectivity index (χ4v) is 8.06. The predicted molar refractivity (Wildman–Crippen MR) is 165 cm³/mol. The summed E-state index contributed by atoms with van der Waals surface area (Å²) in [6, 6.07) is 6.97. The quantitative estimate of drug-likeness (QED) is 0.108. The Labute approximate surface area is 237 Å². The molecule has 0 saturated heterocycles. The molecule has 0 fully saturated rings. The first-order chi connectivity index (χ1) is 18.1. The Kier molecular flexibility index (Phi) is 14.0. The summed E-state index contributed by atoms with van der Waals surface area (Å²) in [5.74, 6) is -0.132. The fourth-order valence-electron chi connectivity index (χ4n) is 4.74. The van der Waals surface area contributed by atoms with Crippen LogP contribution >= 0.6 is 34.0 Å². The highest BCUT2D eigenvalue weighted by Crippen LogP contribution is 2.43. The summed E-state index contributed by atoms with van der Waals surface area (Å²) < 4.78 is 5.31. The second kappa shape index (κ2) is 17.2. The number of rotatable bonds is 19. The molecule has 3 rings (SSSR count). The number of ether oxygens (including phenoxy) is 1.